The second kappa shape index (κ2) is 6.91. The fourth-order valence-corrected chi connectivity index (χ4v) is 1.81. The number of nitrogens with one attached hydrogen (secondary N) is 1. The summed E-state index contributed by atoms with van der Waals surface area (Å²) < 4.78 is 11.1. The number of halogens is 1. The van der Waals surface area contributed by atoms with Gasteiger partial charge >= 0.3 is 0 Å². The molecule has 0 aliphatic carbocycles. The van der Waals surface area contributed by atoms with E-state index >= 15 is 0 Å². The first-order chi connectivity index (χ1) is 9.69. The van der Waals surface area contributed by atoms with E-state index in [1.54, 1.807) is 36.4 Å². The fraction of sp³-hybridized carbons (Fsp3) is 0.143. The molecule has 0 unspecified atom stereocenters. The Balaban J connectivity index is 1.92. The number of nitrogens with zero attached hydrogens (tertiary/aromatic N) is 1. The van der Waals surface area contributed by atoms with E-state index in [0.717, 1.165) is 5.75 Å². The molecule has 2 rings (SSSR count). The van der Waals surface area contributed by atoms with Crippen molar-refractivity contribution in [2.24, 2.45) is 5.10 Å². The van der Waals surface area contributed by atoms with Crippen LogP contribution >= 0.6 is 15.9 Å². The summed E-state index contributed by atoms with van der Waals surface area (Å²) in [5, 5.41) is 3.82. The standard InChI is InChI=1S/C14H13BrN2O3/c1-2-19-11-5-3-10(4-6-11)14(18)17-16-9-12-7-8-13(15)20-12/h3-9H,2H2,1H3,(H,17,18)/b16-9+. The van der Waals surface area contributed by atoms with Gasteiger partial charge in [-0.3, -0.25) is 4.79 Å². The van der Waals surface area contributed by atoms with Gasteiger partial charge in [0, 0.05) is 5.56 Å². The minimum atomic E-state index is -0.296. The van der Waals surface area contributed by atoms with Crippen LogP contribution < -0.4 is 10.2 Å². The van der Waals surface area contributed by atoms with Gasteiger partial charge < -0.3 is 9.15 Å². The maximum atomic E-state index is 11.8. The van der Waals surface area contributed by atoms with E-state index in [1.165, 1.54) is 6.21 Å². The number of benzene rings is 1. The molecule has 1 aromatic carbocycles. The van der Waals surface area contributed by atoms with Gasteiger partial charge in [-0.2, -0.15) is 5.10 Å². The highest BCUT2D eigenvalue weighted by atomic mass is 79.9. The van der Waals surface area contributed by atoms with Crippen LogP contribution in [0.4, 0.5) is 0 Å². The lowest BCUT2D eigenvalue weighted by molar-refractivity contribution is 0.0955. The van der Waals surface area contributed by atoms with Gasteiger partial charge in [0.25, 0.3) is 5.91 Å². The molecule has 0 fully saturated rings. The molecule has 5 nitrogen and oxygen atoms in total. The number of amides is 1. The zero-order valence-electron chi connectivity index (χ0n) is 10.8. The van der Waals surface area contributed by atoms with Crippen LogP contribution in [-0.2, 0) is 0 Å². The van der Waals surface area contributed by atoms with Crippen molar-refractivity contribution in [3.63, 3.8) is 0 Å². The fourth-order valence-electron chi connectivity index (χ4n) is 1.49. The maximum Gasteiger partial charge on any atom is 0.271 e. The topological polar surface area (TPSA) is 63.8 Å². The maximum absolute atomic E-state index is 11.8. The first kappa shape index (κ1) is 14.3. The Morgan fingerprint density at radius 1 is 1.35 bits per heavy atom. The Hall–Kier alpha value is -2.08. The van der Waals surface area contributed by atoms with Crippen molar-refractivity contribution >= 4 is 28.1 Å². The Morgan fingerprint density at radius 3 is 2.70 bits per heavy atom. The highest BCUT2D eigenvalue weighted by Gasteiger charge is 2.04. The summed E-state index contributed by atoms with van der Waals surface area (Å²) in [4.78, 5) is 11.8. The molecule has 0 bridgehead atoms. The van der Waals surface area contributed by atoms with Crippen molar-refractivity contribution in [2.45, 2.75) is 6.92 Å². The van der Waals surface area contributed by atoms with E-state index in [2.05, 4.69) is 26.5 Å². The van der Waals surface area contributed by atoms with Crippen LogP contribution in [0.2, 0.25) is 0 Å². The molecule has 0 radical (unpaired) electrons. The Kier molecular flexibility index (Phi) is 4.95. The minimum absolute atomic E-state index is 0.296. The van der Waals surface area contributed by atoms with Crippen molar-refractivity contribution in [1.82, 2.24) is 5.43 Å². The minimum Gasteiger partial charge on any atom is -0.494 e. The average molecular weight is 337 g/mol. The van der Waals surface area contributed by atoms with Gasteiger partial charge in [0.2, 0.25) is 0 Å². The van der Waals surface area contributed by atoms with E-state index in [1.807, 2.05) is 6.92 Å². The third-order valence-corrected chi connectivity index (χ3v) is 2.81. The van der Waals surface area contributed by atoms with Crippen LogP contribution in [0, 0.1) is 0 Å². The third-order valence-electron chi connectivity index (χ3n) is 2.38. The van der Waals surface area contributed by atoms with Crippen LogP contribution in [0.15, 0.2) is 50.6 Å². The predicted octanol–water partition coefficient (Wildman–Crippen LogP) is 3.20. The number of hydrogen-bond acceptors (Lipinski definition) is 4. The summed E-state index contributed by atoms with van der Waals surface area (Å²) >= 11 is 3.18. The van der Waals surface area contributed by atoms with Crippen LogP contribution in [0.25, 0.3) is 0 Å². The summed E-state index contributed by atoms with van der Waals surface area (Å²) in [7, 11) is 0. The second-order valence-electron chi connectivity index (χ2n) is 3.80. The van der Waals surface area contributed by atoms with Crippen molar-refractivity contribution in [2.75, 3.05) is 6.61 Å². The number of hydrazone groups is 1. The third kappa shape index (κ3) is 3.96. The smallest absolute Gasteiger partial charge is 0.271 e. The highest BCUT2D eigenvalue weighted by molar-refractivity contribution is 9.10. The molecule has 0 saturated heterocycles. The summed E-state index contributed by atoms with van der Waals surface area (Å²) in [6.07, 6.45) is 1.43. The van der Waals surface area contributed by atoms with Gasteiger partial charge in [-0.05, 0) is 59.3 Å². The number of furan rings is 1. The summed E-state index contributed by atoms with van der Waals surface area (Å²) in [6.45, 7) is 2.50. The first-order valence-electron chi connectivity index (χ1n) is 6.00. The van der Waals surface area contributed by atoms with Gasteiger partial charge in [-0.1, -0.05) is 0 Å². The average Bonchev–Trinajstić information content (AvgIpc) is 2.85. The number of carbonyl (C=O) groups excluding carboxylic acids is 1. The van der Waals surface area contributed by atoms with E-state index < -0.39 is 0 Å². The molecule has 1 amide bonds. The second-order valence-corrected chi connectivity index (χ2v) is 4.58. The number of ether oxygens (including phenoxy) is 1. The SMILES string of the molecule is CCOc1ccc(C(=O)N/N=C/c2ccc(Br)o2)cc1. The molecule has 1 heterocycles. The van der Waals surface area contributed by atoms with Crippen molar-refractivity contribution in [3.8, 4) is 5.75 Å². The van der Waals surface area contributed by atoms with Crippen LogP contribution in [0.1, 0.15) is 23.0 Å². The van der Waals surface area contributed by atoms with Crippen LogP contribution in [0.3, 0.4) is 0 Å². The first-order valence-corrected chi connectivity index (χ1v) is 6.80. The number of rotatable bonds is 5. The molecule has 0 saturated carbocycles. The van der Waals surface area contributed by atoms with Gasteiger partial charge in [0.15, 0.2) is 4.67 Å². The highest BCUT2D eigenvalue weighted by Crippen LogP contribution is 2.13. The summed E-state index contributed by atoms with van der Waals surface area (Å²) in [5.74, 6) is 0.978. The normalized spacial score (nSPS) is 10.7. The predicted molar refractivity (Wildman–Crippen MR) is 79.1 cm³/mol. The zero-order valence-corrected chi connectivity index (χ0v) is 12.4. The van der Waals surface area contributed by atoms with Crippen LogP contribution in [-0.4, -0.2) is 18.7 Å². The molecule has 0 spiro atoms. The lowest BCUT2D eigenvalue weighted by atomic mass is 10.2. The molecular formula is C14H13BrN2O3. The Bertz CT molecular complexity index is 605. The lowest BCUT2D eigenvalue weighted by Crippen LogP contribution is -2.17. The molecule has 0 aliphatic rings. The summed E-state index contributed by atoms with van der Waals surface area (Å²) in [5.41, 5.74) is 2.93. The Morgan fingerprint density at radius 2 is 2.10 bits per heavy atom. The van der Waals surface area contributed by atoms with E-state index in [9.17, 15) is 4.79 Å². The van der Waals surface area contributed by atoms with Gasteiger partial charge in [0.1, 0.15) is 11.5 Å². The van der Waals surface area contributed by atoms with E-state index in [4.69, 9.17) is 9.15 Å². The van der Waals surface area contributed by atoms with Crippen LogP contribution in [0.5, 0.6) is 5.75 Å². The quantitative estimate of drug-likeness (QED) is 0.673. The van der Waals surface area contributed by atoms with Gasteiger partial charge in [0.05, 0.1) is 12.8 Å². The largest absolute Gasteiger partial charge is 0.494 e. The van der Waals surface area contributed by atoms with E-state index in [0.29, 0.717) is 22.6 Å². The van der Waals surface area contributed by atoms with Crippen molar-refractivity contribution < 1.29 is 13.9 Å². The monoisotopic (exact) mass is 336 g/mol. The molecule has 1 aromatic heterocycles. The van der Waals surface area contributed by atoms with Gasteiger partial charge in [-0.25, -0.2) is 5.43 Å². The molecule has 104 valence electrons. The molecular weight excluding hydrogens is 324 g/mol. The molecule has 0 atom stereocenters. The zero-order chi connectivity index (χ0) is 14.4. The van der Waals surface area contributed by atoms with Gasteiger partial charge in [-0.15, -0.1) is 0 Å². The molecule has 1 N–H and O–H groups in total. The van der Waals surface area contributed by atoms with Crippen molar-refractivity contribution in [1.29, 1.82) is 0 Å². The molecule has 6 heteroatoms. The Labute approximate surface area is 124 Å². The number of carbonyl (C=O) groups is 1. The van der Waals surface area contributed by atoms with E-state index in [-0.39, 0.29) is 5.91 Å². The summed E-state index contributed by atoms with van der Waals surface area (Å²) in [6, 6.07) is 10.3. The molecule has 0 aliphatic heterocycles. The molecule has 2 aromatic rings. The van der Waals surface area contributed by atoms with Crippen molar-refractivity contribution in [3.05, 3.63) is 52.4 Å². The molecule has 20 heavy (non-hydrogen) atoms. The number of hydrogen-bond donors (Lipinski definition) is 1. The lowest BCUT2D eigenvalue weighted by Gasteiger charge is -2.03.